The molecule has 1 atom stereocenters. The van der Waals surface area contributed by atoms with Crippen molar-refractivity contribution >= 4 is 23.3 Å². The number of nitrogens with one attached hydrogen (secondary N) is 1. The first-order chi connectivity index (χ1) is 14.6. The summed E-state index contributed by atoms with van der Waals surface area (Å²) in [6.07, 6.45) is -0.679. The van der Waals surface area contributed by atoms with Crippen LogP contribution in [0.1, 0.15) is 6.92 Å². The first-order valence-electron chi connectivity index (χ1n) is 9.54. The Morgan fingerprint density at radius 1 is 0.967 bits per heavy atom. The number of halogens is 1. The van der Waals surface area contributed by atoms with Crippen molar-refractivity contribution in [2.45, 2.75) is 13.0 Å². The number of carbonyl (C=O) groups is 1. The fraction of sp³-hybridized carbons (Fsp3) is 0.0833. The van der Waals surface area contributed by atoms with E-state index in [0.29, 0.717) is 22.3 Å². The van der Waals surface area contributed by atoms with Gasteiger partial charge in [-0.25, -0.2) is 4.68 Å². The highest BCUT2D eigenvalue weighted by Gasteiger charge is 2.19. The Morgan fingerprint density at radius 3 is 2.37 bits per heavy atom. The monoisotopic (exact) mass is 417 g/mol. The normalized spacial score (nSPS) is 11.7. The highest BCUT2D eigenvalue weighted by atomic mass is 35.5. The highest BCUT2D eigenvalue weighted by Crippen LogP contribution is 2.27. The van der Waals surface area contributed by atoms with Gasteiger partial charge in [0.05, 0.1) is 11.4 Å². The van der Waals surface area contributed by atoms with E-state index in [-0.39, 0.29) is 5.91 Å². The second-order valence-electron chi connectivity index (χ2n) is 6.73. The smallest absolute Gasteiger partial charge is 0.266 e. The molecule has 0 saturated heterocycles. The van der Waals surface area contributed by atoms with Gasteiger partial charge in [-0.3, -0.25) is 4.79 Å². The van der Waals surface area contributed by atoms with E-state index >= 15 is 0 Å². The third-order valence-electron chi connectivity index (χ3n) is 4.51. The summed E-state index contributed by atoms with van der Waals surface area (Å²) in [5.74, 6) is 0.912. The molecule has 1 amide bonds. The van der Waals surface area contributed by atoms with E-state index in [4.69, 9.17) is 21.4 Å². The van der Waals surface area contributed by atoms with Gasteiger partial charge in [-0.15, -0.1) is 0 Å². The van der Waals surface area contributed by atoms with E-state index in [1.165, 1.54) is 0 Å². The molecule has 0 spiro atoms. The Balaban J connectivity index is 1.63. The fourth-order valence-corrected chi connectivity index (χ4v) is 3.20. The number of benzene rings is 3. The van der Waals surface area contributed by atoms with Crippen LogP contribution in [-0.2, 0) is 4.79 Å². The summed E-state index contributed by atoms with van der Waals surface area (Å²) in [5.41, 5.74) is 2.40. The number of amides is 1. The Labute approximate surface area is 179 Å². The molecule has 0 fully saturated rings. The minimum absolute atomic E-state index is 0.270. The van der Waals surface area contributed by atoms with Crippen molar-refractivity contribution in [1.29, 1.82) is 0 Å². The van der Waals surface area contributed by atoms with Crippen LogP contribution in [0.2, 0.25) is 5.02 Å². The van der Waals surface area contributed by atoms with Crippen molar-refractivity contribution in [3.05, 3.63) is 96.0 Å². The third-order valence-corrected chi connectivity index (χ3v) is 4.74. The SMILES string of the molecule is C[C@H](Oc1ccccc1)C(=O)Nc1cc(-c2cccc(Cl)c2)nn1-c1ccccc1. The van der Waals surface area contributed by atoms with Crippen molar-refractivity contribution in [2.75, 3.05) is 5.32 Å². The second-order valence-corrected chi connectivity index (χ2v) is 7.17. The maximum absolute atomic E-state index is 12.8. The summed E-state index contributed by atoms with van der Waals surface area (Å²) in [7, 11) is 0. The molecular formula is C24H20ClN3O2. The minimum atomic E-state index is -0.679. The second kappa shape index (κ2) is 8.84. The predicted octanol–water partition coefficient (Wildman–Crippen LogP) is 5.60. The lowest BCUT2D eigenvalue weighted by Gasteiger charge is -2.15. The molecule has 0 radical (unpaired) electrons. The van der Waals surface area contributed by atoms with Crippen molar-refractivity contribution in [2.24, 2.45) is 0 Å². The minimum Gasteiger partial charge on any atom is -0.481 e. The van der Waals surface area contributed by atoms with Gasteiger partial charge in [0.25, 0.3) is 5.91 Å². The van der Waals surface area contributed by atoms with Gasteiger partial charge < -0.3 is 10.1 Å². The molecule has 150 valence electrons. The van der Waals surface area contributed by atoms with Crippen molar-refractivity contribution in [3.8, 4) is 22.7 Å². The number of aromatic nitrogens is 2. The first-order valence-corrected chi connectivity index (χ1v) is 9.92. The van der Waals surface area contributed by atoms with E-state index in [2.05, 4.69) is 5.32 Å². The van der Waals surface area contributed by atoms with Gasteiger partial charge in [-0.1, -0.05) is 60.1 Å². The zero-order valence-electron chi connectivity index (χ0n) is 16.3. The average molecular weight is 418 g/mol. The quantitative estimate of drug-likeness (QED) is 0.444. The molecule has 6 heteroatoms. The van der Waals surface area contributed by atoms with E-state index in [1.807, 2.05) is 91.0 Å². The van der Waals surface area contributed by atoms with E-state index < -0.39 is 6.10 Å². The Bertz CT molecular complexity index is 1140. The van der Waals surface area contributed by atoms with E-state index in [0.717, 1.165) is 11.3 Å². The largest absolute Gasteiger partial charge is 0.481 e. The average Bonchev–Trinajstić information content (AvgIpc) is 3.19. The van der Waals surface area contributed by atoms with Crippen molar-refractivity contribution < 1.29 is 9.53 Å². The Morgan fingerprint density at radius 2 is 1.67 bits per heavy atom. The summed E-state index contributed by atoms with van der Waals surface area (Å²) in [6.45, 7) is 1.71. The number of hydrogen-bond donors (Lipinski definition) is 1. The molecule has 1 heterocycles. The molecule has 0 bridgehead atoms. The van der Waals surface area contributed by atoms with Gasteiger partial charge in [-0.2, -0.15) is 5.10 Å². The van der Waals surface area contributed by atoms with Gasteiger partial charge in [0.1, 0.15) is 11.6 Å². The number of hydrogen-bond acceptors (Lipinski definition) is 3. The van der Waals surface area contributed by atoms with Crippen LogP contribution < -0.4 is 10.1 Å². The number of carbonyl (C=O) groups excluding carboxylic acids is 1. The Kier molecular flexibility index (Phi) is 5.82. The summed E-state index contributed by atoms with van der Waals surface area (Å²) in [4.78, 5) is 12.8. The molecule has 3 aromatic carbocycles. The maximum atomic E-state index is 12.8. The van der Waals surface area contributed by atoms with Gasteiger partial charge in [0, 0.05) is 16.7 Å². The van der Waals surface area contributed by atoms with Crippen LogP contribution in [-0.4, -0.2) is 21.8 Å². The van der Waals surface area contributed by atoms with E-state index in [9.17, 15) is 4.79 Å². The van der Waals surface area contributed by atoms with Crippen LogP contribution in [0.15, 0.2) is 91.0 Å². The molecular weight excluding hydrogens is 398 g/mol. The topological polar surface area (TPSA) is 56.1 Å². The van der Waals surface area contributed by atoms with Crippen molar-refractivity contribution in [1.82, 2.24) is 9.78 Å². The zero-order chi connectivity index (χ0) is 20.9. The predicted molar refractivity (Wildman–Crippen MR) is 119 cm³/mol. The molecule has 1 N–H and O–H groups in total. The van der Waals surface area contributed by atoms with Crippen LogP contribution in [0.4, 0.5) is 5.82 Å². The molecule has 0 unspecified atom stereocenters. The van der Waals surface area contributed by atoms with Gasteiger partial charge in [-0.05, 0) is 43.3 Å². The van der Waals surface area contributed by atoms with Gasteiger partial charge in [0.15, 0.2) is 6.10 Å². The highest BCUT2D eigenvalue weighted by molar-refractivity contribution is 6.30. The summed E-state index contributed by atoms with van der Waals surface area (Å²) in [5, 5.41) is 8.25. The van der Waals surface area contributed by atoms with Gasteiger partial charge in [0.2, 0.25) is 0 Å². The number of ether oxygens (including phenoxy) is 1. The molecule has 0 aliphatic heterocycles. The molecule has 30 heavy (non-hydrogen) atoms. The molecule has 1 aromatic heterocycles. The number of para-hydroxylation sites is 2. The molecule has 5 nitrogen and oxygen atoms in total. The number of nitrogens with zero attached hydrogens (tertiary/aromatic N) is 2. The maximum Gasteiger partial charge on any atom is 0.266 e. The number of rotatable bonds is 6. The fourth-order valence-electron chi connectivity index (χ4n) is 3.01. The Hall–Kier alpha value is -3.57. The molecule has 4 rings (SSSR count). The van der Waals surface area contributed by atoms with Crippen LogP contribution in [0.5, 0.6) is 5.75 Å². The molecule has 0 saturated carbocycles. The molecule has 0 aliphatic carbocycles. The first kappa shape index (κ1) is 19.7. The third kappa shape index (κ3) is 4.53. The van der Waals surface area contributed by atoms with Crippen LogP contribution in [0.25, 0.3) is 16.9 Å². The summed E-state index contributed by atoms with van der Waals surface area (Å²) < 4.78 is 7.44. The standard InChI is InChI=1S/C24H20ClN3O2/c1-17(30-21-13-6-3-7-14-21)24(29)26-23-16-22(18-9-8-10-19(25)15-18)27-28(23)20-11-4-2-5-12-20/h2-17H,1H3,(H,26,29)/t17-/m0/s1. The summed E-state index contributed by atoms with van der Waals surface area (Å²) >= 11 is 6.14. The molecule has 4 aromatic rings. The summed E-state index contributed by atoms with van der Waals surface area (Å²) in [6, 6.07) is 28.1. The molecule has 0 aliphatic rings. The van der Waals surface area contributed by atoms with Crippen LogP contribution >= 0.6 is 11.6 Å². The zero-order valence-corrected chi connectivity index (χ0v) is 17.1. The number of anilines is 1. The lowest BCUT2D eigenvalue weighted by atomic mass is 10.1. The van der Waals surface area contributed by atoms with Crippen LogP contribution in [0, 0.1) is 0 Å². The van der Waals surface area contributed by atoms with Crippen LogP contribution in [0.3, 0.4) is 0 Å². The van der Waals surface area contributed by atoms with E-state index in [1.54, 1.807) is 11.6 Å². The van der Waals surface area contributed by atoms with Crippen molar-refractivity contribution in [3.63, 3.8) is 0 Å². The van der Waals surface area contributed by atoms with Gasteiger partial charge >= 0.3 is 0 Å². The lowest BCUT2D eigenvalue weighted by molar-refractivity contribution is -0.122. The lowest BCUT2D eigenvalue weighted by Crippen LogP contribution is -2.30.